The predicted octanol–water partition coefficient (Wildman–Crippen LogP) is 4.20. The molecule has 4 heteroatoms. The summed E-state index contributed by atoms with van der Waals surface area (Å²) in [5, 5.41) is 3.04. The SMILES string of the molecule is O=C(NCc1ccc(N2CCCC2)cc1)c1ccc(CN2CCCCC2)cc1. The zero-order valence-corrected chi connectivity index (χ0v) is 16.7. The molecule has 2 saturated heterocycles. The Morgan fingerprint density at radius 1 is 0.750 bits per heavy atom. The Hall–Kier alpha value is -2.33. The van der Waals surface area contributed by atoms with Crippen molar-refractivity contribution in [2.45, 2.75) is 45.2 Å². The van der Waals surface area contributed by atoms with Crippen molar-refractivity contribution in [1.29, 1.82) is 0 Å². The van der Waals surface area contributed by atoms with Crippen molar-refractivity contribution in [2.75, 3.05) is 31.1 Å². The fourth-order valence-electron chi connectivity index (χ4n) is 4.22. The molecular weight excluding hydrogens is 346 g/mol. The molecule has 2 aromatic rings. The molecule has 4 rings (SSSR count). The van der Waals surface area contributed by atoms with Crippen LogP contribution in [0.25, 0.3) is 0 Å². The summed E-state index contributed by atoms with van der Waals surface area (Å²) in [5.41, 5.74) is 4.45. The molecule has 2 aromatic carbocycles. The summed E-state index contributed by atoms with van der Waals surface area (Å²) in [4.78, 5) is 17.4. The van der Waals surface area contributed by atoms with Crippen molar-refractivity contribution in [3.8, 4) is 0 Å². The fraction of sp³-hybridized carbons (Fsp3) is 0.458. The molecule has 2 fully saturated rings. The molecule has 0 atom stereocenters. The predicted molar refractivity (Wildman–Crippen MR) is 115 cm³/mol. The molecule has 0 aromatic heterocycles. The average Bonchev–Trinajstić information content (AvgIpc) is 3.29. The number of rotatable bonds is 6. The van der Waals surface area contributed by atoms with Crippen LogP contribution in [0, 0.1) is 0 Å². The summed E-state index contributed by atoms with van der Waals surface area (Å²) < 4.78 is 0. The Labute approximate surface area is 168 Å². The van der Waals surface area contributed by atoms with Crippen LogP contribution in [0.15, 0.2) is 48.5 Å². The van der Waals surface area contributed by atoms with Crippen LogP contribution >= 0.6 is 0 Å². The van der Waals surface area contributed by atoms with Crippen molar-refractivity contribution in [1.82, 2.24) is 10.2 Å². The lowest BCUT2D eigenvalue weighted by atomic mass is 10.1. The second kappa shape index (κ2) is 9.24. The van der Waals surface area contributed by atoms with Gasteiger partial charge in [0.05, 0.1) is 0 Å². The van der Waals surface area contributed by atoms with Gasteiger partial charge in [0.1, 0.15) is 0 Å². The third-order valence-corrected chi connectivity index (χ3v) is 5.93. The number of hydrogen-bond acceptors (Lipinski definition) is 3. The van der Waals surface area contributed by atoms with E-state index in [1.54, 1.807) is 0 Å². The molecule has 2 heterocycles. The number of anilines is 1. The summed E-state index contributed by atoms with van der Waals surface area (Å²) in [7, 11) is 0. The van der Waals surface area contributed by atoms with E-state index in [4.69, 9.17) is 0 Å². The fourth-order valence-corrected chi connectivity index (χ4v) is 4.22. The van der Waals surface area contributed by atoms with Crippen LogP contribution in [-0.4, -0.2) is 37.0 Å². The van der Waals surface area contributed by atoms with Crippen LogP contribution in [0.1, 0.15) is 53.6 Å². The molecule has 2 aliphatic heterocycles. The van der Waals surface area contributed by atoms with Gasteiger partial charge in [-0.25, -0.2) is 0 Å². The van der Waals surface area contributed by atoms with Crippen LogP contribution in [0.2, 0.25) is 0 Å². The van der Waals surface area contributed by atoms with Crippen molar-refractivity contribution >= 4 is 11.6 Å². The Kier molecular flexibility index (Phi) is 6.27. The van der Waals surface area contributed by atoms with Gasteiger partial charge in [-0.15, -0.1) is 0 Å². The number of carbonyl (C=O) groups excluding carboxylic acids is 1. The maximum absolute atomic E-state index is 12.5. The van der Waals surface area contributed by atoms with E-state index >= 15 is 0 Å². The monoisotopic (exact) mass is 377 g/mol. The van der Waals surface area contributed by atoms with Gasteiger partial charge in [0.15, 0.2) is 0 Å². The summed E-state index contributed by atoms with van der Waals surface area (Å²) in [6.07, 6.45) is 6.54. The van der Waals surface area contributed by atoms with Gasteiger partial charge < -0.3 is 10.2 Å². The molecule has 1 N–H and O–H groups in total. The molecule has 0 saturated carbocycles. The standard InChI is InChI=1S/C24H31N3O/c28-24(22-10-6-21(7-11-22)19-26-14-2-1-3-15-26)25-18-20-8-12-23(13-9-20)27-16-4-5-17-27/h6-13H,1-5,14-19H2,(H,25,28). The molecule has 0 spiro atoms. The maximum atomic E-state index is 12.5. The lowest BCUT2D eigenvalue weighted by molar-refractivity contribution is 0.0951. The van der Waals surface area contributed by atoms with E-state index in [0.717, 1.165) is 30.8 Å². The highest BCUT2D eigenvalue weighted by molar-refractivity contribution is 5.94. The number of nitrogens with zero attached hydrogens (tertiary/aromatic N) is 2. The molecule has 28 heavy (non-hydrogen) atoms. The lowest BCUT2D eigenvalue weighted by Crippen LogP contribution is -2.29. The molecule has 0 aliphatic carbocycles. The Bertz CT molecular complexity index is 757. The number of likely N-dealkylation sites (tertiary alicyclic amines) is 1. The van der Waals surface area contributed by atoms with E-state index in [2.05, 4.69) is 51.5 Å². The smallest absolute Gasteiger partial charge is 0.251 e. The van der Waals surface area contributed by atoms with E-state index in [1.807, 2.05) is 12.1 Å². The van der Waals surface area contributed by atoms with Gasteiger partial charge in [-0.1, -0.05) is 30.7 Å². The number of nitrogens with one attached hydrogen (secondary N) is 1. The molecule has 4 nitrogen and oxygen atoms in total. The second-order valence-corrected chi connectivity index (χ2v) is 8.08. The van der Waals surface area contributed by atoms with E-state index in [0.29, 0.717) is 6.54 Å². The van der Waals surface area contributed by atoms with Gasteiger partial charge in [0.25, 0.3) is 5.91 Å². The number of piperidine rings is 1. The Morgan fingerprint density at radius 2 is 1.36 bits per heavy atom. The normalized spacial score (nSPS) is 17.6. The summed E-state index contributed by atoms with van der Waals surface area (Å²) in [5.74, 6) is -0.00635. The quantitative estimate of drug-likeness (QED) is 0.819. The van der Waals surface area contributed by atoms with E-state index in [-0.39, 0.29) is 5.91 Å². The van der Waals surface area contributed by atoms with Crippen LogP contribution in [0.5, 0.6) is 0 Å². The molecular formula is C24H31N3O. The van der Waals surface area contributed by atoms with Gasteiger partial charge in [0.2, 0.25) is 0 Å². The van der Waals surface area contributed by atoms with Crippen LogP contribution in [0.4, 0.5) is 5.69 Å². The van der Waals surface area contributed by atoms with Crippen LogP contribution < -0.4 is 10.2 Å². The first-order valence-electron chi connectivity index (χ1n) is 10.7. The third kappa shape index (κ3) is 4.93. The van der Waals surface area contributed by atoms with Gasteiger partial charge in [-0.3, -0.25) is 9.69 Å². The molecule has 0 radical (unpaired) electrons. The number of amides is 1. The van der Waals surface area contributed by atoms with Gasteiger partial charge in [0, 0.05) is 37.4 Å². The Balaban J connectivity index is 1.27. The largest absolute Gasteiger partial charge is 0.372 e. The van der Waals surface area contributed by atoms with E-state index < -0.39 is 0 Å². The minimum absolute atomic E-state index is 0.00635. The molecule has 0 unspecified atom stereocenters. The number of hydrogen-bond donors (Lipinski definition) is 1. The van der Waals surface area contributed by atoms with Crippen LogP contribution in [0.3, 0.4) is 0 Å². The summed E-state index contributed by atoms with van der Waals surface area (Å²) >= 11 is 0. The van der Waals surface area contributed by atoms with Crippen molar-refractivity contribution in [3.05, 3.63) is 65.2 Å². The van der Waals surface area contributed by atoms with Crippen molar-refractivity contribution < 1.29 is 4.79 Å². The van der Waals surface area contributed by atoms with E-state index in [9.17, 15) is 4.79 Å². The number of carbonyl (C=O) groups is 1. The maximum Gasteiger partial charge on any atom is 0.251 e. The second-order valence-electron chi connectivity index (χ2n) is 8.08. The first kappa shape index (κ1) is 19.0. The van der Waals surface area contributed by atoms with Gasteiger partial charge in [-0.2, -0.15) is 0 Å². The lowest BCUT2D eigenvalue weighted by Gasteiger charge is -2.26. The Morgan fingerprint density at radius 3 is 2.04 bits per heavy atom. The average molecular weight is 378 g/mol. The molecule has 2 aliphatic rings. The summed E-state index contributed by atoms with van der Waals surface area (Å²) in [6.45, 7) is 6.26. The minimum atomic E-state index is -0.00635. The first-order valence-corrected chi connectivity index (χ1v) is 10.7. The van der Waals surface area contributed by atoms with Gasteiger partial charge >= 0.3 is 0 Å². The zero-order chi connectivity index (χ0) is 19.2. The zero-order valence-electron chi connectivity index (χ0n) is 16.7. The third-order valence-electron chi connectivity index (χ3n) is 5.93. The molecule has 0 bridgehead atoms. The van der Waals surface area contributed by atoms with Crippen molar-refractivity contribution in [3.63, 3.8) is 0 Å². The highest BCUT2D eigenvalue weighted by atomic mass is 16.1. The molecule has 148 valence electrons. The number of benzene rings is 2. The minimum Gasteiger partial charge on any atom is -0.372 e. The van der Waals surface area contributed by atoms with E-state index in [1.165, 1.54) is 56.4 Å². The van der Waals surface area contributed by atoms with Crippen molar-refractivity contribution in [2.24, 2.45) is 0 Å². The molecule has 1 amide bonds. The highest BCUT2D eigenvalue weighted by Gasteiger charge is 2.13. The van der Waals surface area contributed by atoms with Crippen LogP contribution in [-0.2, 0) is 13.1 Å². The van der Waals surface area contributed by atoms with Gasteiger partial charge in [-0.05, 0) is 74.2 Å². The summed E-state index contributed by atoms with van der Waals surface area (Å²) in [6, 6.07) is 16.7. The highest BCUT2D eigenvalue weighted by Crippen LogP contribution is 2.20. The first-order chi connectivity index (χ1) is 13.8. The topological polar surface area (TPSA) is 35.6 Å².